The molecule has 204 valence electrons. The van der Waals surface area contributed by atoms with E-state index in [1.165, 1.54) is 13.3 Å². The van der Waals surface area contributed by atoms with Crippen LogP contribution in [0.4, 0.5) is 24.7 Å². The van der Waals surface area contributed by atoms with Gasteiger partial charge < -0.3 is 25.6 Å². The molecule has 1 unspecified atom stereocenters. The normalized spacial score (nSPS) is 16.4. The van der Waals surface area contributed by atoms with Gasteiger partial charge in [-0.3, -0.25) is 4.90 Å². The number of benzene rings is 1. The monoisotopic (exact) mass is 522 g/mol. The predicted octanol–water partition coefficient (Wildman–Crippen LogP) is 3.15. The van der Waals surface area contributed by atoms with Gasteiger partial charge in [-0.25, -0.2) is 15.0 Å². The van der Waals surface area contributed by atoms with Crippen molar-refractivity contribution < 1.29 is 17.9 Å². The van der Waals surface area contributed by atoms with Gasteiger partial charge in [0.15, 0.2) is 5.82 Å². The van der Waals surface area contributed by atoms with Gasteiger partial charge in [-0.2, -0.15) is 13.2 Å². The number of amidine groups is 1. The van der Waals surface area contributed by atoms with Crippen molar-refractivity contribution in [3.63, 3.8) is 0 Å². The van der Waals surface area contributed by atoms with Gasteiger partial charge in [-0.15, -0.1) is 0 Å². The molecule has 1 atom stereocenters. The summed E-state index contributed by atoms with van der Waals surface area (Å²) >= 11 is 0. The van der Waals surface area contributed by atoms with Crippen LogP contribution in [-0.4, -0.2) is 97.8 Å². The molecule has 0 radical (unpaired) electrons. The molecule has 3 rings (SSSR count). The smallest absolute Gasteiger partial charge is 0.430 e. The number of anilines is 1. The molecule has 9 nitrogen and oxygen atoms in total. The first kappa shape index (κ1) is 28.6. The zero-order chi connectivity index (χ0) is 27.2. The molecule has 37 heavy (non-hydrogen) atoms. The third-order valence-electron chi connectivity index (χ3n) is 6.12. The Morgan fingerprint density at radius 1 is 1.24 bits per heavy atom. The van der Waals surface area contributed by atoms with Crippen molar-refractivity contribution in [2.45, 2.75) is 32.5 Å². The molecular formula is C25H37F3N8O. The number of rotatable bonds is 10. The van der Waals surface area contributed by atoms with Gasteiger partial charge in [0.1, 0.15) is 23.6 Å². The minimum atomic E-state index is -4.58. The highest BCUT2D eigenvalue weighted by molar-refractivity contribution is 5.98. The highest BCUT2D eigenvalue weighted by atomic mass is 19.4. The second-order valence-electron chi connectivity index (χ2n) is 9.47. The van der Waals surface area contributed by atoms with E-state index in [1.54, 1.807) is 0 Å². The number of hydrogen-bond acceptors (Lipinski definition) is 8. The molecular weight excluding hydrogens is 485 g/mol. The molecule has 12 heteroatoms. The number of nitrogens with one attached hydrogen (secondary N) is 1. The molecule has 3 N–H and O–H groups in total. The van der Waals surface area contributed by atoms with Crippen LogP contribution < -0.4 is 20.7 Å². The summed E-state index contributed by atoms with van der Waals surface area (Å²) in [5.74, 6) is 0.728. The van der Waals surface area contributed by atoms with Crippen LogP contribution in [0.2, 0.25) is 0 Å². The van der Waals surface area contributed by atoms with E-state index in [0.29, 0.717) is 29.6 Å². The molecule has 1 aromatic carbocycles. The quantitative estimate of drug-likeness (QED) is 0.363. The first-order valence-electron chi connectivity index (χ1n) is 12.3. The number of fused-ring (bicyclic) bond motifs is 1. The molecule has 0 aliphatic carbocycles. The van der Waals surface area contributed by atoms with Crippen molar-refractivity contribution in [1.29, 1.82) is 0 Å². The lowest BCUT2D eigenvalue weighted by Crippen LogP contribution is -2.48. The topological polar surface area (TPSA) is 95.1 Å². The Kier molecular flexibility index (Phi) is 9.68. The van der Waals surface area contributed by atoms with Crippen LogP contribution >= 0.6 is 0 Å². The maximum absolute atomic E-state index is 12.9. The number of nitrogens with zero attached hydrogens (tertiary/aromatic N) is 6. The van der Waals surface area contributed by atoms with E-state index < -0.39 is 11.9 Å². The number of allylic oxidation sites excluding steroid dienone is 1. The van der Waals surface area contributed by atoms with Gasteiger partial charge in [0.2, 0.25) is 0 Å². The maximum atomic E-state index is 12.9. The van der Waals surface area contributed by atoms with Gasteiger partial charge in [0.05, 0.1) is 17.0 Å². The molecule has 2 heterocycles. The second kappa shape index (κ2) is 12.5. The Morgan fingerprint density at radius 2 is 1.95 bits per heavy atom. The van der Waals surface area contributed by atoms with Crippen molar-refractivity contribution in [2.75, 3.05) is 64.8 Å². The minimum absolute atomic E-state index is 0.00112. The first-order chi connectivity index (χ1) is 17.5. The van der Waals surface area contributed by atoms with Crippen LogP contribution in [0.25, 0.3) is 10.9 Å². The van der Waals surface area contributed by atoms with E-state index in [-0.39, 0.29) is 17.8 Å². The largest absolute Gasteiger partial charge is 0.490 e. The van der Waals surface area contributed by atoms with Gasteiger partial charge in [-0.05, 0) is 47.0 Å². The van der Waals surface area contributed by atoms with Crippen LogP contribution in [-0.2, 0) is 0 Å². The molecule has 0 spiro atoms. The lowest BCUT2D eigenvalue weighted by molar-refractivity contribution is -0.0944. The summed E-state index contributed by atoms with van der Waals surface area (Å²) in [6.45, 7) is 12.5. The molecule has 0 bridgehead atoms. The standard InChI is InChI=1S/C25H37F3N8O/c1-17(6-7-29)37-22-15-20(36-12-10-35(11-13-36)9-8-34(4)5)14-21-23(22)24(31-16-30-21)33-19(3)32-18(2)25(26,27)28/h14-17H,2,6-13,29H2,1,3-5H3,(H,30,31,32,33). The van der Waals surface area contributed by atoms with Crippen molar-refractivity contribution in [1.82, 2.24) is 25.1 Å². The molecule has 2 aromatic rings. The number of aromatic nitrogens is 2. The zero-order valence-corrected chi connectivity index (χ0v) is 22.0. The van der Waals surface area contributed by atoms with Crippen molar-refractivity contribution in [3.8, 4) is 5.75 Å². The summed E-state index contributed by atoms with van der Waals surface area (Å²) in [5, 5.41) is 2.72. The van der Waals surface area contributed by atoms with Gasteiger partial charge in [-0.1, -0.05) is 6.58 Å². The van der Waals surface area contributed by atoms with Gasteiger partial charge in [0.25, 0.3) is 0 Å². The van der Waals surface area contributed by atoms with E-state index in [1.807, 2.05) is 19.1 Å². The summed E-state index contributed by atoms with van der Waals surface area (Å²) in [7, 11) is 4.14. The van der Waals surface area contributed by atoms with E-state index in [2.05, 4.69) is 55.7 Å². The SMILES string of the molecule is C=C(NC(C)=Nc1ncnc2cc(N3CCN(CCN(C)C)CC3)cc(OC(C)CCN)c12)C(F)(F)F. The number of halogens is 3. The van der Waals surface area contributed by atoms with Gasteiger partial charge >= 0.3 is 6.18 Å². The number of nitrogens with two attached hydrogens (primary N) is 1. The van der Waals surface area contributed by atoms with Crippen molar-refractivity contribution in [3.05, 3.63) is 30.7 Å². The fourth-order valence-electron chi connectivity index (χ4n) is 4.04. The van der Waals surface area contributed by atoms with Crippen LogP contribution in [0, 0.1) is 0 Å². The number of aliphatic imine (C=N–C) groups is 1. The summed E-state index contributed by atoms with van der Waals surface area (Å²) in [4.78, 5) is 19.9. The Labute approximate surface area is 216 Å². The summed E-state index contributed by atoms with van der Waals surface area (Å²) in [6, 6.07) is 3.88. The van der Waals surface area contributed by atoms with Crippen LogP contribution in [0.5, 0.6) is 5.75 Å². The molecule has 0 saturated carbocycles. The molecule has 0 amide bonds. The fraction of sp³-hybridized carbons (Fsp3) is 0.560. The highest BCUT2D eigenvalue weighted by Crippen LogP contribution is 2.37. The van der Waals surface area contributed by atoms with E-state index >= 15 is 0 Å². The third-order valence-corrected chi connectivity index (χ3v) is 6.12. The molecule has 1 aliphatic rings. The summed E-state index contributed by atoms with van der Waals surface area (Å²) in [6.07, 6.45) is -2.79. The maximum Gasteiger partial charge on any atom is 0.430 e. The summed E-state index contributed by atoms with van der Waals surface area (Å²) < 4.78 is 45.0. The number of hydrogen-bond donors (Lipinski definition) is 2. The Hall–Kier alpha value is -2.96. The molecule has 1 aromatic heterocycles. The lowest BCUT2D eigenvalue weighted by atomic mass is 10.1. The van der Waals surface area contributed by atoms with Crippen molar-refractivity contribution >= 4 is 28.2 Å². The van der Waals surface area contributed by atoms with Crippen molar-refractivity contribution in [2.24, 2.45) is 10.7 Å². The predicted molar refractivity (Wildman–Crippen MR) is 142 cm³/mol. The average Bonchev–Trinajstić information content (AvgIpc) is 2.82. The zero-order valence-electron chi connectivity index (χ0n) is 22.0. The number of ether oxygens (including phenoxy) is 1. The number of alkyl halides is 3. The number of piperazine rings is 1. The third kappa shape index (κ3) is 8.01. The fourth-order valence-corrected chi connectivity index (χ4v) is 4.04. The molecule has 1 aliphatic heterocycles. The van der Waals surface area contributed by atoms with Crippen LogP contribution in [0.3, 0.4) is 0 Å². The van der Waals surface area contributed by atoms with E-state index in [4.69, 9.17) is 10.5 Å². The lowest BCUT2D eigenvalue weighted by Gasteiger charge is -2.36. The summed E-state index contributed by atoms with van der Waals surface area (Å²) in [5.41, 5.74) is 6.18. The van der Waals surface area contributed by atoms with Crippen LogP contribution in [0.15, 0.2) is 35.7 Å². The van der Waals surface area contributed by atoms with E-state index in [0.717, 1.165) is 45.0 Å². The van der Waals surface area contributed by atoms with Gasteiger partial charge in [0, 0.05) is 51.0 Å². The molecule has 1 saturated heterocycles. The molecule has 1 fully saturated rings. The van der Waals surface area contributed by atoms with Crippen LogP contribution in [0.1, 0.15) is 20.3 Å². The first-order valence-corrected chi connectivity index (χ1v) is 12.3. The second-order valence-corrected chi connectivity index (χ2v) is 9.47. The Bertz CT molecular complexity index is 1100. The minimum Gasteiger partial charge on any atom is -0.490 e. The van der Waals surface area contributed by atoms with E-state index in [9.17, 15) is 13.2 Å². The Morgan fingerprint density at radius 3 is 2.57 bits per heavy atom. The Balaban J connectivity index is 1.93. The highest BCUT2D eigenvalue weighted by Gasteiger charge is 2.32. The number of likely N-dealkylation sites (N-methyl/N-ethyl adjacent to an activating group) is 1. The average molecular weight is 523 g/mol.